The molecule has 2 heterocycles. The molecule has 9 heteroatoms. The summed E-state index contributed by atoms with van der Waals surface area (Å²) in [6, 6.07) is 4.57. The summed E-state index contributed by atoms with van der Waals surface area (Å²) in [5.74, 6) is -1.33. The molecule has 0 bridgehead atoms. The third kappa shape index (κ3) is 5.49. The van der Waals surface area contributed by atoms with Gasteiger partial charge in [-0.15, -0.1) is 5.10 Å². The standard InChI is InChI=1S/C19H21FN4O3S/c1-27-17(25)10-16-18(26)22-19(28-16)23-21-11-13-5-6-15(20)9-14(13)12-24-7-3-2-4-8-24/h5-6,9-11H,2-4,7-8,12H2,1H3,(H,22,23,26)/b16-10+,21-11?. The number of nitrogens with zero attached hydrogens (tertiary/aromatic N) is 3. The lowest BCUT2D eigenvalue weighted by atomic mass is 10.1. The smallest absolute Gasteiger partial charge is 0.331 e. The van der Waals surface area contributed by atoms with Crippen LogP contribution in [0.4, 0.5) is 4.39 Å². The van der Waals surface area contributed by atoms with Crippen LogP contribution in [0.1, 0.15) is 30.4 Å². The van der Waals surface area contributed by atoms with Crippen molar-refractivity contribution in [1.82, 2.24) is 10.2 Å². The highest BCUT2D eigenvalue weighted by molar-refractivity contribution is 8.18. The molecule has 2 aliphatic heterocycles. The van der Waals surface area contributed by atoms with Gasteiger partial charge in [-0.25, -0.2) is 9.18 Å². The average Bonchev–Trinajstić information content (AvgIpc) is 3.03. The Bertz CT molecular complexity index is 848. The molecule has 0 atom stereocenters. The van der Waals surface area contributed by atoms with Crippen molar-refractivity contribution in [2.75, 3.05) is 20.2 Å². The normalized spacial score (nSPS) is 20.9. The summed E-state index contributed by atoms with van der Waals surface area (Å²) < 4.78 is 18.2. The Hall–Kier alpha value is -2.52. The second-order valence-electron chi connectivity index (χ2n) is 6.42. The zero-order valence-corrected chi connectivity index (χ0v) is 16.3. The SMILES string of the molecule is COC(=O)/C=C1/S/C(=N\N=Cc2ccc(F)cc2CN2CCCCC2)NC1=O. The molecular weight excluding hydrogens is 383 g/mol. The minimum atomic E-state index is -0.615. The first-order valence-electron chi connectivity index (χ1n) is 8.96. The van der Waals surface area contributed by atoms with Crippen LogP contribution in [0, 0.1) is 5.82 Å². The third-order valence-corrected chi connectivity index (χ3v) is 5.29. The van der Waals surface area contributed by atoms with Crippen molar-refractivity contribution in [2.45, 2.75) is 25.8 Å². The van der Waals surface area contributed by atoms with E-state index in [0.717, 1.165) is 54.9 Å². The number of ether oxygens (including phenoxy) is 1. The molecule has 0 unspecified atom stereocenters. The molecule has 2 saturated heterocycles. The topological polar surface area (TPSA) is 83.4 Å². The average molecular weight is 404 g/mol. The molecular formula is C19H21FN4O3S. The summed E-state index contributed by atoms with van der Waals surface area (Å²) in [4.78, 5) is 25.5. The summed E-state index contributed by atoms with van der Waals surface area (Å²) in [5, 5.41) is 10.8. The number of piperidine rings is 1. The van der Waals surface area contributed by atoms with Gasteiger partial charge in [0.05, 0.1) is 18.2 Å². The number of halogens is 1. The fraction of sp³-hybridized carbons (Fsp3) is 0.368. The van der Waals surface area contributed by atoms with Crippen LogP contribution in [-0.2, 0) is 20.9 Å². The van der Waals surface area contributed by atoms with E-state index in [0.29, 0.717) is 6.54 Å². The van der Waals surface area contributed by atoms with E-state index in [2.05, 4.69) is 25.2 Å². The van der Waals surface area contributed by atoms with Crippen molar-refractivity contribution >= 4 is 35.0 Å². The lowest BCUT2D eigenvalue weighted by Crippen LogP contribution is -2.29. The van der Waals surface area contributed by atoms with E-state index >= 15 is 0 Å². The molecule has 0 spiro atoms. The van der Waals surface area contributed by atoms with Gasteiger partial charge in [-0.2, -0.15) is 5.10 Å². The fourth-order valence-corrected chi connectivity index (χ4v) is 3.72. The summed E-state index contributed by atoms with van der Waals surface area (Å²) in [6.45, 7) is 2.67. The van der Waals surface area contributed by atoms with Crippen molar-refractivity contribution in [3.63, 3.8) is 0 Å². The van der Waals surface area contributed by atoms with Gasteiger partial charge in [0.2, 0.25) is 0 Å². The molecule has 0 radical (unpaired) electrons. The number of carbonyl (C=O) groups is 2. The first kappa shape index (κ1) is 20.2. The van der Waals surface area contributed by atoms with Crippen LogP contribution in [-0.4, -0.2) is 48.4 Å². The number of carbonyl (C=O) groups excluding carboxylic acids is 2. The third-order valence-electron chi connectivity index (χ3n) is 4.39. The minimum Gasteiger partial charge on any atom is -0.466 e. The summed E-state index contributed by atoms with van der Waals surface area (Å²) >= 11 is 1.00. The number of hydrogen-bond donors (Lipinski definition) is 1. The van der Waals surface area contributed by atoms with Crippen LogP contribution < -0.4 is 5.32 Å². The number of amidine groups is 1. The van der Waals surface area contributed by atoms with Gasteiger partial charge in [0.1, 0.15) is 5.82 Å². The first-order valence-corrected chi connectivity index (χ1v) is 9.77. The summed E-state index contributed by atoms with van der Waals surface area (Å²) in [7, 11) is 1.24. The lowest BCUT2D eigenvalue weighted by molar-refractivity contribution is -0.135. The Balaban J connectivity index is 1.70. The monoisotopic (exact) mass is 404 g/mol. The Labute approximate surface area is 166 Å². The Morgan fingerprint density at radius 2 is 2.14 bits per heavy atom. The molecule has 148 valence electrons. The van der Waals surface area contributed by atoms with Crippen molar-refractivity contribution in [2.24, 2.45) is 10.2 Å². The largest absolute Gasteiger partial charge is 0.466 e. The van der Waals surface area contributed by atoms with Crippen molar-refractivity contribution in [1.29, 1.82) is 0 Å². The number of benzene rings is 1. The van der Waals surface area contributed by atoms with Gasteiger partial charge < -0.3 is 4.74 Å². The van der Waals surface area contributed by atoms with Crippen LogP contribution in [0.5, 0.6) is 0 Å². The number of nitrogens with one attached hydrogen (secondary N) is 1. The minimum absolute atomic E-state index is 0.188. The van der Waals surface area contributed by atoms with E-state index in [1.807, 2.05) is 0 Å². The van der Waals surface area contributed by atoms with Gasteiger partial charge in [0.15, 0.2) is 5.17 Å². The molecule has 0 saturated carbocycles. The highest BCUT2D eigenvalue weighted by atomic mass is 32.2. The molecule has 1 amide bonds. The molecule has 1 aromatic carbocycles. The quantitative estimate of drug-likeness (QED) is 0.353. The van der Waals surface area contributed by atoms with Crippen molar-refractivity contribution in [3.05, 3.63) is 46.1 Å². The van der Waals surface area contributed by atoms with Crippen LogP contribution in [0.2, 0.25) is 0 Å². The van der Waals surface area contributed by atoms with Crippen molar-refractivity contribution in [3.8, 4) is 0 Å². The molecule has 2 fully saturated rings. The number of amides is 1. The molecule has 0 aliphatic carbocycles. The Morgan fingerprint density at radius 3 is 2.89 bits per heavy atom. The van der Waals surface area contributed by atoms with E-state index in [9.17, 15) is 14.0 Å². The van der Waals surface area contributed by atoms with E-state index in [1.54, 1.807) is 12.3 Å². The molecule has 28 heavy (non-hydrogen) atoms. The molecule has 7 nitrogen and oxygen atoms in total. The van der Waals surface area contributed by atoms with Gasteiger partial charge in [0, 0.05) is 12.6 Å². The summed E-state index contributed by atoms with van der Waals surface area (Å²) in [6.07, 6.45) is 6.19. The number of thioether (sulfide) groups is 1. The van der Waals surface area contributed by atoms with Crippen LogP contribution in [0.25, 0.3) is 0 Å². The maximum absolute atomic E-state index is 13.7. The fourth-order valence-electron chi connectivity index (χ4n) is 2.98. The predicted molar refractivity (Wildman–Crippen MR) is 106 cm³/mol. The summed E-state index contributed by atoms with van der Waals surface area (Å²) in [5.41, 5.74) is 1.62. The lowest BCUT2D eigenvalue weighted by Gasteiger charge is -2.26. The van der Waals surface area contributed by atoms with Gasteiger partial charge >= 0.3 is 5.97 Å². The van der Waals surface area contributed by atoms with Crippen molar-refractivity contribution < 1.29 is 18.7 Å². The van der Waals surface area contributed by atoms with E-state index < -0.39 is 11.9 Å². The number of methoxy groups -OCH3 is 1. The van der Waals surface area contributed by atoms with Gasteiger partial charge in [0.25, 0.3) is 5.91 Å². The van der Waals surface area contributed by atoms with Crippen LogP contribution in [0.3, 0.4) is 0 Å². The number of likely N-dealkylation sites (tertiary alicyclic amines) is 1. The zero-order chi connectivity index (χ0) is 19.9. The second-order valence-corrected chi connectivity index (χ2v) is 7.45. The second kappa shape index (κ2) is 9.61. The van der Waals surface area contributed by atoms with E-state index in [1.165, 1.54) is 25.7 Å². The maximum atomic E-state index is 13.7. The Morgan fingerprint density at radius 1 is 1.36 bits per heavy atom. The zero-order valence-electron chi connectivity index (χ0n) is 15.5. The van der Waals surface area contributed by atoms with E-state index in [4.69, 9.17) is 0 Å². The van der Waals surface area contributed by atoms with Crippen LogP contribution >= 0.6 is 11.8 Å². The molecule has 0 aromatic heterocycles. The highest BCUT2D eigenvalue weighted by Gasteiger charge is 2.25. The first-order chi connectivity index (χ1) is 13.5. The highest BCUT2D eigenvalue weighted by Crippen LogP contribution is 2.23. The number of esters is 1. The van der Waals surface area contributed by atoms with Gasteiger partial charge in [-0.1, -0.05) is 12.5 Å². The van der Waals surface area contributed by atoms with Crippen LogP contribution in [0.15, 0.2) is 39.4 Å². The molecule has 3 rings (SSSR count). The Kier molecular flexibility index (Phi) is 6.94. The maximum Gasteiger partial charge on any atom is 0.331 e. The molecule has 1 aromatic rings. The van der Waals surface area contributed by atoms with E-state index in [-0.39, 0.29) is 15.9 Å². The predicted octanol–water partition coefficient (Wildman–Crippen LogP) is 2.42. The molecule has 1 N–H and O–H groups in total. The number of rotatable bonds is 5. The molecule has 2 aliphatic rings. The van der Waals surface area contributed by atoms with Gasteiger partial charge in [-0.3, -0.25) is 15.0 Å². The van der Waals surface area contributed by atoms with Gasteiger partial charge in [-0.05, 0) is 61.0 Å². The number of hydrogen-bond acceptors (Lipinski definition) is 7.